The molecule has 1 aromatic carbocycles. The third kappa shape index (κ3) is 4.97. The average molecular weight is 426 g/mol. The van der Waals surface area contributed by atoms with Gasteiger partial charge in [0.2, 0.25) is 11.6 Å². The predicted octanol–water partition coefficient (Wildman–Crippen LogP) is 5.36. The molecule has 28 heavy (non-hydrogen) atoms. The van der Waals surface area contributed by atoms with Gasteiger partial charge in [0.05, 0.1) is 6.61 Å². The molecule has 0 saturated heterocycles. The van der Waals surface area contributed by atoms with Crippen LogP contribution in [0.1, 0.15) is 52.9 Å². The zero-order valence-corrected chi connectivity index (χ0v) is 17.0. The fraction of sp³-hybridized carbons (Fsp3) is 0.684. The van der Waals surface area contributed by atoms with Crippen molar-refractivity contribution >= 4 is 10.1 Å². The number of halogens is 4. The standard InChI is InChI=1S/C19H26F4O4S/c1-10(2)12-7-6-11(3)13(9-12)5-4-8-27-18-14(20)16(22)19(28(24,25)26)17(23)15(18)21/h10-13H,4-9H2,1-3H3,(H,24,25,26)/t11-,12-,13?/m0/s1. The number of benzene rings is 1. The first-order valence-corrected chi connectivity index (χ1v) is 10.8. The molecule has 1 aromatic rings. The SMILES string of the molecule is CC(C)[C@H]1CC[C@H](C)C(CCCOc2c(F)c(F)c(S(=O)(=O)O)c(F)c2F)C1. The van der Waals surface area contributed by atoms with E-state index in [-0.39, 0.29) is 6.61 Å². The molecule has 1 unspecified atom stereocenters. The summed E-state index contributed by atoms with van der Waals surface area (Å²) in [6.07, 6.45) is 4.55. The molecule has 3 atom stereocenters. The summed E-state index contributed by atoms with van der Waals surface area (Å²) in [6.45, 7) is 6.37. The summed E-state index contributed by atoms with van der Waals surface area (Å²) < 4.78 is 90.9. The van der Waals surface area contributed by atoms with Crippen molar-refractivity contribution < 1.29 is 35.3 Å². The van der Waals surface area contributed by atoms with Crippen LogP contribution in [-0.4, -0.2) is 19.6 Å². The summed E-state index contributed by atoms with van der Waals surface area (Å²) in [5, 5.41) is 0. The molecule has 0 bridgehead atoms. The third-order valence-corrected chi connectivity index (χ3v) is 6.63. The Bertz CT molecular complexity index is 782. The molecular weight excluding hydrogens is 400 g/mol. The van der Waals surface area contributed by atoms with Crippen molar-refractivity contribution in [3.8, 4) is 5.75 Å². The second-order valence-electron chi connectivity index (χ2n) is 7.93. The van der Waals surface area contributed by atoms with E-state index in [1.807, 2.05) is 0 Å². The molecule has 4 nitrogen and oxygen atoms in total. The first kappa shape index (κ1) is 22.9. The van der Waals surface area contributed by atoms with Crippen molar-refractivity contribution in [1.82, 2.24) is 0 Å². The second-order valence-corrected chi connectivity index (χ2v) is 9.29. The van der Waals surface area contributed by atoms with Crippen molar-refractivity contribution in [2.45, 2.75) is 57.8 Å². The lowest BCUT2D eigenvalue weighted by molar-refractivity contribution is 0.141. The van der Waals surface area contributed by atoms with Gasteiger partial charge in [0.1, 0.15) is 0 Å². The van der Waals surface area contributed by atoms with Crippen LogP contribution in [0.3, 0.4) is 0 Å². The molecule has 1 fully saturated rings. The van der Waals surface area contributed by atoms with E-state index in [4.69, 9.17) is 9.29 Å². The van der Waals surface area contributed by atoms with Gasteiger partial charge >= 0.3 is 10.1 Å². The summed E-state index contributed by atoms with van der Waals surface area (Å²) in [5.74, 6) is -7.54. The topological polar surface area (TPSA) is 63.6 Å². The van der Waals surface area contributed by atoms with Crippen LogP contribution >= 0.6 is 0 Å². The van der Waals surface area contributed by atoms with E-state index in [9.17, 15) is 26.0 Å². The second kappa shape index (κ2) is 8.98. The monoisotopic (exact) mass is 426 g/mol. The Hall–Kier alpha value is -1.35. The molecule has 1 saturated carbocycles. The van der Waals surface area contributed by atoms with Gasteiger partial charge in [0.25, 0.3) is 0 Å². The van der Waals surface area contributed by atoms with Gasteiger partial charge in [-0.1, -0.05) is 27.2 Å². The largest absolute Gasteiger partial charge is 0.487 e. The van der Waals surface area contributed by atoms with E-state index in [0.29, 0.717) is 30.1 Å². The molecule has 0 amide bonds. The van der Waals surface area contributed by atoms with Gasteiger partial charge in [-0.15, -0.1) is 0 Å². The Labute approximate surface area is 163 Å². The lowest BCUT2D eigenvalue weighted by atomic mass is 9.70. The van der Waals surface area contributed by atoms with Crippen LogP contribution in [0.2, 0.25) is 0 Å². The van der Waals surface area contributed by atoms with Gasteiger partial charge in [0.15, 0.2) is 22.3 Å². The van der Waals surface area contributed by atoms with Crippen molar-refractivity contribution in [2.75, 3.05) is 6.61 Å². The number of hydrogen-bond donors (Lipinski definition) is 1. The zero-order valence-electron chi connectivity index (χ0n) is 16.1. The highest BCUT2D eigenvalue weighted by Crippen LogP contribution is 2.39. The van der Waals surface area contributed by atoms with E-state index in [1.54, 1.807) is 0 Å². The maximum Gasteiger partial charge on any atom is 0.300 e. The van der Waals surface area contributed by atoms with Crippen molar-refractivity contribution in [1.29, 1.82) is 0 Å². The van der Waals surface area contributed by atoms with Gasteiger partial charge < -0.3 is 4.74 Å². The minimum absolute atomic E-state index is 0.173. The molecule has 2 rings (SSSR count). The summed E-state index contributed by atoms with van der Waals surface area (Å²) >= 11 is 0. The summed E-state index contributed by atoms with van der Waals surface area (Å²) in [7, 11) is -5.47. The van der Waals surface area contributed by atoms with E-state index in [0.717, 1.165) is 19.3 Å². The number of ether oxygens (including phenoxy) is 1. The Balaban J connectivity index is 2.04. The van der Waals surface area contributed by atoms with Crippen LogP contribution in [0.25, 0.3) is 0 Å². The lowest BCUT2D eigenvalue weighted by Crippen LogP contribution is -2.26. The predicted molar refractivity (Wildman–Crippen MR) is 95.7 cm³/mol. The van der Waals surface area contributed by atoms with E-state index >= 15 is 0 Å². The van der Waals surface area contributed by atoms with E-state index in [2.05, 4.69) is 20.8 Å². The summed E-state index contributed by atoms with van der Waals surface area (Å²) in [4.78, 5) is -2.06. The van der Waals surface area contributed by atoms with Crippen molar-refractivity contribution in [3.63, 3.8) is 0 Å². The fourth-order valence-electron chi connectivity index (χ4n) is 3.92. The molecule has 0 heterocycles. The maximum atomic E-state index is 13.9. The first-order chi connectivity index (χ1) is 12.9. The number of rotatable bonds is 7. The zero-order chi connectivity index (χ0) is 21.2. The molecule has 0 spiro atoms. The highest BCUT2D eigenvalue weighted by atomic mass is 32.2. The van der Waals surface area contributed by atoms with Crippen LogP contribution in [0.5, 0.6) is 5.75 Å². The Kier molecular flexibility index (Phi) is 7.36. The van der Waals surface area contributed by atoms with Gasteiger partial charge in [-0.3, -0.25) is 4.55 Å². The van der Waals surface area contributed by atoms with E-state index in [1.165, 1.54) is 6.42 Å². The number of hydrogen-bond acceptors (Lipinski definition) is 3. The molecule has 160 valence electrons. The molecule has 1 N–H and O–H groups in total. The molecule has 0 aliphatic heterocycles. The van der Waals surface area contributed by atoms with Crippen molar-refractivity contribution in [2.24, 2.45) is 23.7 Å². The van der Waals surface area contributed by atoms with Gasteiger partial charge in [-0.2, -0.15) is 17.2 Å². The molecule has 9 heteroatoms. The summed E-state index contributed by atoms with van der Waals surface area (Å²) in [6, 6.07) is 0. The smallest absolute Gasteiger partial charge is 0.300 e. The van der Waals surface area contributed by atoms with Crippen molar-refractivity contribution in [3.05, 3.63) is 23.3 Å². The molecule has 1 aliphatic carbocycles. The molecule has 0 radical (unpaired) electrons. The molecular formula is C19H26F4O4S. The Morgan fingerprint density at radius 2 is 1.64 bits per heavy atom. The van der Waals surface area contributed by atoms with Crippen LogP contribution < -0.4 is 4.74 Å². The Morgan fingerprint density at radius 1 is 1.07 bits per heavy atom. The average Bonchev–Trinajstić information content (AvgIpc) is 2.59. The van der Waals surface area contributed by atoms with Gasteiger partial charge in [-0.25, -0.2) is 8.78 Å². The van der Waals surface area contributed by atoms with Gasteiger partial charge in [-0.05, 0) is 49.4 Å². The minimum atomic E-state index is -5.47. The highest BCUT2D eigenvalue weighted by Gasteiger charge is 2.33. The van der Waals surface area contributed by atoms with Crippen LogP contribution in [-0.2, 0) is 10.1 Å². The maximum absolute atomic E-state index is 13.9. The van der Waals surface area contributed by atoms with Crippen LogP contribution in [0.15, 0.2) is 4.90 Å². The highest BCUT2D eigenvalue weighted by molar-refractivity contribution is 7.85. The first-order valence-electron chi connectivity index (χ1n) is 9.41. The normalized spacial score (nSPS) is 23.2. The minimum Gasteiger partial charge on any atom is -0.487 e. The van der Waals surface area contributed by atoms with Gasteiger partial charge in [0, 0.05) is 0 Å². The summed E-state index contributed by atoms with van der Waals surface area (Å²) in [5.41, 5.74) is 0. The molecule has 0 aromatic heterocycles. The van der Waals surface area contributed by atoms with Crippen LogP contribution in [0, 0.1) is 46.9 Å². The Morgan fingerprint density at radius 3 is 2.14 bits per heavy atom. The van der Waals surface area contributed by atoms with Crippen LogP contribution in [0.4, 0.5) is 17.6 Å². The fourth-order valence-corrected chi connectivity index (χ4v) is 4.56. The third-order valence-electron chi connectivity index (χ3n) is 5.75. The molecule has 1 aliphatic rings. The quantitative estimate of drug-likeness (QED) is 0.276. The van der Waals surface area contributed by atoms with E-state index < -0.39 is 44.0 Å². The lowest BCUT2D eigenvalue weighted by Gasteiger charge is -2.36.